The summed E-state index contributed by atoms with van der Waals surface area (Å²) in [5, 5.41) is 6.63. The van der Waals surface area contributed by atoms with Crippen molar-refractivity contribution in [3.63, 3.8) is 0 Å². The monoisotopic (exact) mass is 248 g/mol. The van der Waals surface area contributed by atoms with Crippen LogP contribution in [0.25, 0.3) is 0 Å². The molecule has 1 N–H and O–H groups in total. The van der Waals surface area contributed by atoms with Crippen molar-refractivity contribution in [3.05, 3.63) is 23.8 Å². The Kier molecular flexibility index (Phi) is 3.06. The van der Waals surface area contributed by atoms with Crippen molar-refractivity contribution in [2.24, 2.45) is 5.10 Å². The molecule has 0 radical (unpaired) electrons. The number of likely N-dealkylation sites (N-methyl/N-ethyl adjacent to an activating group) is 1. The Labute approximate surface area is 107 Å². The zero-order valence-corrected chi connectivity index (χ0v) is 10.6. The lowest BCUT2D eigenvalue weighted by Gasteiger charge is -2.27. The van der Waals surface area contributed by atoms with Gasteiger partial charge in [-0.05, 0) is 23.8 Å². The van der Waals surface area contributed by atoms with Gasteiger partial charge in [0.05, 0.1) is 39.4 Å². The number of ether oxygens (including phenoxy) is 2. The molecule has 2 aliphatic rings. The molecule has 0 amide bonds. The van der Waals surface area contributed by atoms with E-state index in [2.05, 4.69) is 17.2 Å². The zero-order chi connectivity index (χ0) is 12.4. The van der Waals surface area contributed by atoms with Crippen LogP contribution in [0.15, 0.2) is 23.3 Å². The molecule has 2 heterocycles. The second-order valence-electron chi connectivity index (χ2n) is 4.77. The van der Waals surface area contributed by atoms with Crippen LogP contribution in [0.4, 0.5) is 0 Å². The molecule has 0 aliphatic carbocycles. The minimum atomic E-state index is 0.317. The van der Waals surface area contributed by atoms with E-state index in [0.29, 0.717) is 6.79 Å². The second-order valence-corrected chi connectivity index (χ2v) is 4.77. The third kappa shape index (κ3) is 2.41. The molecule has 0 unspecified atom stereocenters. The summed E-state index contributed by atoms with van der Waals surface area (Å²) in [5.74, 6) is 1.62. The second kappa shape index (κ2) is 4.86. The molecule has 2 aliphatic heterocycles. The van der Waals surface area contributed by atoms with Gasteiger partial charge in [0, 0.05) is 0 Å². The number of nitrogens with zero attached hydrogens (tertiary/aromatic N) is 2. The molecule has 5 nitrogen and oxygen atoms in total. The topological polar surface area (TPSA) is 38.5 Å². The van der Waals surface area contributed by atoms with Crippen molar-refractivity contribution in [2.75, 3.05) is 40.0 Å². The first-order chi connectivity index (χ1) is 8.81. The molecule has 5 heteroatoms. The molecule has 1 fully saturated rings. The molecule has 0 bridgehead atoms. The van der Waals surface area contributed by atoms with Gasteiger partial charge in [-0.25, -0.2) is 0 Å². The predicted molar refractivity (Wildman–Crippen MR) is 68.4 cm³/mol. The molecular formula is C13H18N3O2+. The predicted octanol–water partition coefficient (Wildman–Crippen LogP) is -0.420. The van der Waals surface area contributed by atoms with Crippen molar-refractivity contribution in [1.82, 2.24) is 5.01 Å². The number of nitrogens with one attached hydrogen (secondary N) is 1. The first-order valence-electron chi connectivity index (χ1n) is 6.31. The summed E-state index contributed by atoms with van der Waals surface area (Å²) in [6.07, 6.45) is 1.89. The SMILES string of the molecule is C[NH+]1CCN(N=Cc2ccc3c(c2)OCO3)CC1. The van der Waals surface area contributed by atoms with Crippen LogP contribution in [0.5, 0.6) is 11.5 Å². The van der Waals surface area contributed by atoms with Gasteiger partial charge in [-0.2, -0.15) is 5.10 Å². The summed E-state index contributed by atoms with van der Waals surface area (Å²) in [6.45, 7) is 4.66. The molecule has 0 atom stereocenters. The van der Waals surface area contributed by atoms with Crippen LogP contribution in [-0.4, -0.2) is 51.2 Å². The molecule has 0 spiro atoms. The molecule has 1 aromatic rings. The third-order valence-electron chi connectivity index (χ3n) is 3.36. The smallest absolute Gasteiger partial charge is 0.231 e. The minimum Gasteiger partial charge on any atom is -0.454 e. The van der Waals surface area contributed by atoms with E-state index in [1.807, 2.05) is 24.4 Å². The number of quaternary nitrogens is 1. The average molecular weight is 248 g/mol. The molecule has 0 aromatic heterocycles. The van der Waals surface area contributed by atoms with E-state index in [0.717, 1.165) is 43.2 Å². The summed E-state index contributed by atoms with van der Waals surface area (Å²) in [5.41, 5.74) is 1.05. The van der Waals surface area contributed by atoms with E-state index in [1.54, 1.807) is 4.90 Å². The van der Waals surface area contributed by atoms with Gasteiger partial charge >= 0.3 is 0 Å². The van der Waals surface area contributed by atoms with Crippen LogP contribution in [0.2, 0.25) is 0 Å². The summed E-state index contributed by atoms with van der Waals surface area (Å²) in [4.78, 5) is 1.57. The zero-order valence-electron chi connectivity index (χ0n) is 10.6. The van der Waals surface area contributed by atoms with Gasteiger partial charge in [-0.1, -0.05) is 0 Å². The van der Waals surface area contributed by atoms with E-state index in [9.17, 15) is 0 Å². The van der Waals surface area contributed by atoms with Crippen LogP contribution >= 0.6 is 0 Å². The Hall–Kier alpha value is -1.75. The van der Waals surface area contributed by atoms with Gasteiger partial charge < -0.3 is 14.4 Å². The number of fused-ring (bicyclic) bond motifs is 1. The summed E-state index contributed by atoms with van der Waals surface area (Å²) < 4.78 is 10.6. The standard InChI is InChI=1S/C13H17N3O2/c1-15-4-6-16(7-5-15)14-9-11-2-3-12-13(8-11)18-10-17-12/h2-3,8-9H,4-7,10H2,1H3/p+1. The van der Waals surface area contributed by atoms with Gasteiger partial charge in [-0.3, -0.25) is 5.01 Å². The first-order valence-corrected chi connectivity index (χ1v) is 6.31. The molecule has 0 saturated carbocycles. The lowest BCUT2D eigenvalue weighted by molar-refractivity contribution is -0.884. The molecule has 18 heavy (non-hydrogen) atoms. The van der Waals surface area contributed by atoms with Gasteiger partial charge in [0.2, 0.25) is 6.79 Å². The number of rotatable bonds is 2. The highest BCUT2D eigenvalue weighted by molar-refractivity contribution is 5.80. The molecular weight excluding hydrogens is 230 g/mol. The van der Waals surface area contributed by atoms with Crippen LogP contribution in [0.3, 0.4) is 0 Å². The van der Waals surface area contributed by atoms with E-state index in [4.69, 9.17) is 9.47 Å². The Balaban J connectivity index is 1.65. The lowest BCUT2D eigenvalue weighted by Crippen LogP contribution is -3.11. The highest BCUT2D eigenvalue weighted by Gasteiger charge is 2.15. The Morgan fingerprint density at radius 2 is 2.00 bits per heavy atom. The normalized spacial score (nSPS) is 19.7. The molecule has 1 aromatic carbocycles. The first kappa shape index (κ1) is 11.3. The van der Waals surface area contributed by atoms with E-state index >= 15 is 0 Å². The number of hydrogen-bond acceptors (Lipinski definition) is 4. The number of benzene rings is 1. The summed E-state index contributed by atoms with van der Waals surface area (Å²) in [7, 11) is 2.22. The third-order valence-corrected chi connectivity index (χ3v) is 3.36. The fourth-order valence-electron chi connectivity index (χ4n) is 2.13. The Morgan fingerprint density at radius 1 is 1.22 bits per heavy atom. The van der Waals surface area contributed by atoms with Crippen molar-refractivity contribution in [2.45, 2.75) is 0 Å². The van der Waals surface area contributed by atoms with Gasteiger partial charge in [0.1, 0.15) is 0 Å². The summed E-state index contributed by atoms with van der Waals surface area (Å²) >= 11 is 0. The van der Waals surface area contributed by atoms with Crippen LogP contribution in [0, 0.1) is 0 Å². The van der Waals surface area contributed by atoms with Gasteiger partial charge in [-0.15, -0.1) is 0 Å². The van der Waals surface area contributed by atoms with Gasteiger partial charge in [0.15, 0.2) is 11.5 Å². The largest absolute Gasteiger partial charge is 0.454 e. The van der Waals surface area contributed by atoms with Crippen molar-refractivity contribution in [3.8, 4) is 11.5 Å². The highest BCUT2D eigenvalue weighted by atomic mass is 16.7. The van der Waals surface area contributed by atoms with Crippen molar-refractivity contribution >= 4 is 6.21 Å². The number of hydrogen-bond donors (Lipinski definition) is 1. The van der Waals surface area contributed by atoms with Gasteiger partial charge in [0.25, 0.3) is 0 Å². The maximum atomic E-state index is 5.34. The molecule has 96 valence electrons. The Morgan fingerprint density at radius 3 is 2.83 bits per heavy atom. The minimum absolute atomic E-state index is 0.317. The van der Waals surface area contributed by atoms with Crippen LogP contribution < -0.4 is 14.4 Å². The highest BCUT2D eigenvalue weighted by Crippen LogP contribution is 2.31. The molecule has 3 rings (SSSR count). The van der Waals surface area contributed by atoms with Crippen LogP contribution in [-0.2, 0) is 0 Å². The van der Waals surface area contributed by atoms with E-state index in [-0.39, 0.29) is 0 Å². The van der Waals surface area contributed by atoms with Crippen LogP contribution in [0.1, 0.15) is 5.56 Å². The fraction of sp³-hybridized carbons (Fsp3) is 0.462. The van der Waals surface area contributed by atoms with E-state index < -0.39 is 0 Å². The quantitative estimate of drug-likeness (QED) is 0.723. The summed E-state index contributed by atoms with van der Waals surface area (Å²) in [6, 6.07) is 5.89. The fourth-order valence-corrected chi connectivity index (χ4v) is 2.13. The molecule has 1 saturated heterocycles. The maximum absolute atomic E-state index is 5.34. The van der Waals surface area contributed by atoms with Crippen molar-refractivity contribution in [1.29, 1.82) is 0 Å². The van der Waals surface area contributed by atoms with Crippen molar-refractivity contribution < 1.29 is 14.4 Å². The lowest BCUT2D eigenvalue weighted by atomic mass is 10.2. The van der Waals surface area contributed by atoms with E-state index in [1.165, 1.54) is 0 Å². The maximum Gasteiger partial charge on any atom is 0.231 e. The number of piperazine rings is 1. The Bertz CT molecular complexity index is 454. The average Bonchev–Trinajstić information content (AvgIpc) is 2.85. The number of hydrazone groups is 1.